The molecule has 13 nitrogen and oxygen atoms in total. The Balaban J connectivity index is 4.70. The van der Waals surface area contributed by atoms with E-state index in [-0.39, 0.29) is 0 Å². The summed E-state index contributed by atoms with van der Waals surface area (Å²) in [6, 6.07) is 10.2. The zero-order chi connectivity index (χ0) is 48.9. The number of hydrogen-bond donors (Lipinski definition) is 0. The SMILES string of the molecule is C[Si](C)(C)O[Si](O[SiH2]C=Cc1ccccc1)(O[Si](C)(C)C)O[Si](O[Si](C)(C)C)(O[Si](C)(C)C)O[Si](O[Si](C)(C)C)(O[Si](C)(C)C)O[Si](O[Si](C)(C)C)(O[Si](C)(C)C)O[Si](C)(C)C. The van der Waals surface area contributed by atoms with Crippen molar-refractivity contribution in [2.75, 3.05) is 0 Å². The number of benzene rings is 1. The van der Waals surface area contributed by atoms with Crippen molar-refractivity contribution in [1.82, 2.24) is 0 Å². The van der Waals surface area contributed by atoms with Crippen LogP contribution in [0.2, 0.25) is 177 Å². The Morgan fingerprint density at radius 2 is 0.500 bits per heavy atom. The van der Waals surface area contributed by atoms with Crippen molar-refractivity contribution >= 4 is 127 Å². The van der Waals surface area contributed by atoms with Gasteiger partial charge in [0.1, 0.15) is 0 Å². The highest BCUT2D eigenvalue weighted by Crippen LogP contribution is 2.39. The monoisotopic (exact) mass is 1110 g/mol. The maximum absolute atomic E-state index is 7.74. The van der Waals surface area contributed by atoms with E-state index < -0.39 is 121 Å². The molecule has 1 rings (SSSR count). The van der Waals surface area contributed by atoms with Crippen LogP contribution < -0.4 is 0 Å². The molecule has 0 aromatic heterocycles. The van der Waals surface area contributed by atoms with Gasteiger partial charge in [-0.05, 0) is 182 Å². The fourth-order valence-corrected chi connectivity index (χ4v) is 51.2. The van der Waals surface area contributed by atoms with Crippen molar-refractivity contribution in [1.29, 1.82) is 0 Å². The molecule has 0 unspecified atom stereocenters. The summed E-state index contributed by atoms with van der Waals surface area (Å²) in [5.74, 6) is 0. The lowest BCUT2D eigenvalue weighted by atomic mass is 10.2. The second-order valence-corrected chi connectivity index (χ2v) is 78.1. The molecular weight excluding hydrogens is 1020 g/mol. The van der Waals surface area contributed by atoms with Crippen LogP contribution in [0, 0.1) is 0 Å². The molecule has 0 saturated heterocycles. The molecular formula is C35H90O13Si14. The fourth-order valence-electron chi connectivity index (χ4n) is 5.26. The van der Waals surface area contributed by atoms with E-state index in [4.69, 9.17) is 53.5 Å². The van der Waals surface area contributed by atoms with Crippen LogP contribution in [0.25, 0.3) is 6.08 Å². The second kappa shape index (κ2) is 22.1. The molecule has 0 N–H and O–H groups in total. The summed E-state index contributed by atoms with van der Waals surface area (Å²) in [5, 5.41) is 0. The van der Waals surface area contributed by atoms with Gasteiger partial charge in [-0.3, -0.25) is 0 Å². The first-order chi connectivity index (χ1) is 27.1. The molecule has 1 aromatic carbocycles. The summed E-state index contributed by atoms with van der Waals surface area (Å²) in [6.07, 6.45) is 2.07. The van der Waals surface area contributed by atoms with E-state index >= 15 is 0 Å². The zero-order valence-corrected chi connectivity index (χ0v) is 58.5. The van der Waals surface area contributed by atoms with Crippen molar-refractivity contribution in [3.05, 3.63) is 41.6 Å². The Hall–Kier alpha value is 1.48. The van der Waals surface area contributed by atoms with Gasteiger partial charge in [0, 0.05) is 0 Å². The topological polar surface area (TPSA) is 120 Å². The summed E-state index contributed by atoms with van der Waals surface area (Å²) >= 11 is 0. The average Bonchev–Trinajstić information content (AvgIpc) is 2.86. The smallest absolute Gasteiger partial charge is 0.397 e. The van der Waals surface area contributed by atoms with E-state index in [0.29, 0.717) is 0 Å². The molecule has 0 fully saturated rings. The van der Waals surface area contributed by atoms with E-state index in [1.54, 1.807) is 0 Å². The summed E-state index contributed by atoms with van der Waals surface area (Å²) in [5.41, 5.74) is 3.16. The van der Waals surface area contributed by atoms with Crippen LogP contribution in [0.15, 0.2) is 36.0 Å². The number of rotatable bonds is 28. The Labute approximate surface area is 396 Å². The Kier molecular flexibility index (Phi) is 21.9. The zero-order valence-electron chi connectivity index (χ0n) is 44.1. The van der Waals surface area contributed by atoms with Crippen molar-refractivity contribution in [3.63, 3.8) is 0 Å². The summed E-state index contributed by atoms with van der Waals surface area (Å²) in [7, 11) is -42.5. The molecule has 0 radical (unpaired) electrons. The van der Waals surface area contributed by atoms with Gasteiger partial charge in [0.25, 0.3) is 0 Å². The molecule has 27 heteroatoms. The van der Waals surface area contributed by atoms with Crippen LogP contribution in [-0.2, 0) is 53.5 Å². The van der Waals surface area contributed by atoms with Gasteiger partial charge in [0.15, 0.2) is 84.6 Å². The number of hydrogen-bond acceptors (Lipinski definition) is 13. The van der Waals surface area contributed by atoms with Crippen molar-refractivity contribution < 1.29 is 53.5 Å². The minimum atomic E-state index is -4.66. The molecule has 1 aromatic rings. The third-order valence-electron chi connectivity index (χ3n) is 6.10. The highest BCUT2D eigenvalue weighted by atomic mass is 28.6. The fraction of sp³-hybridized carbons (Fsp3) is 0.771. The van der Waals surface area contributed by atoms with Gasteiger partial charge in [-0.15, -0.1) is 0 Å². The lowest BCUT2D eigenvalue weighted by molar-refractivity contribution is 0.0147. The van der Waals surface area contributed by atoms with E-state index in [1.165, 1.54) is 0 Å². The lowest BCUT2D eigenvalue weighted by Crippen LogP contribution is -2.77. The van der Waals surface area contributed by atoms with Gasteiger partial charge in [-0.2, -0.15) is 0 Å². The van der Waals surface area contributed by atoms with Crippen molar-refractivity contribution in [3.8, 4) is 0 Å². The van der Waals surface area contributed by atoms with E-state index in [9.17, 15) is 0 Å². The standard InChI is InChI=1S/C35H90O13Si14/c1-50(2,3)37-59(38-51(4,5)6,36-49-34-33-35-31-29-28-30-32-35)46-61(42-55(16,17)18,43-56(19,20)21)48-62(44-57(22,23)24,45-58(25,26)27)47-60(39-52(7,8)9,40-53(10,11)12)41-54(13,14)15/h28-34H,49H2,1-27H3. The molecule has 0 aliphatic rings. The Morgan fingerprint density at radius 3 is 0.742 bits per heavy atom. The molecule has 0 aliphatic carbocycles. The van der Waals surface area contributed by atoms with Crippen LogP contribution in [0.4, 0.5) is 0 Å². The average molecular weight is 1110 g/mol. The first-order valence-corrected chi connectivity index (χ1v) is 60.4. The molecule has 0 aliphatic heterocycles. The lowest BCUT2D eigenvalue weighted by Gasteiger charge is -2.49. The minimum absolute atomic E-state index is 1.07. The minimum Gasteiger partial charge on any atom is -0.397 e. The first kappa shape index (κ1) is 61.5. The maximum Gasteiger partial charge on any atom is 0.646 e. The Bertz CT molecular complexity index is 1460. The van der Waals surface area contributed by atoms with Crippen molar-refractivity contribution in [2.24, 2.45) is 0 Å². The van der Waals surface area contributed by atoms with Gasteiger partial charge in [-0.25, -0.2) is 0 Å². The second-order valence-electron chi connectivity index (χ2n) is 24.4. The molecule has 0 amide bonds. The molecule has 62 heavy (non-hydrogen) atoms. The molecule has 364 valence electrons. The van der Waals surface area contributed by atoms with Gasteiger partial charge < -0.3 is 53.5 Å². The third-order valence-corrected chi connectivity index (χ3v) is 45.7. The molecule has 0 spiro atoms. The summed E-state index contributed by atoms with van der Waals surface area (Å²) < 4.78 is 95.4. The molecule has 0 heterocycles. The van der Waals surface area contributed by atoms with Crippen LogP contribution in [0.5, 0.6) is 0 Å². The summed E-state index contributed by atoms with van der Waals surface area (Å²) in [4.78, 5) is 0. The van der Waals surface area contributed by atoms with Gasteiger partial charge in [0.2, 0.25) is 0 Å². The highest BCUT2D eigenvalue weighted by Gasteiger charge is 2.72. The van der Waals surface area contributed by atoms with Crippen molar-refractivity contribution in [2.45, 2.75) is 177 Å². The normalized spacial score (nSPS) is 15.7. The third kappa shape index (κ3) is 28.1. The van der Waals surface area contributed by atoms with E-state index in [2.05, 4.69) is 201 Å². The predicted octanol–water partition coefficient (Wildman–Crippen LogP) is 11.2. The quantitative estimate of drug-likeness (QED) is 0.0741. The molecule has 0 bridgehead atoms. The highest BCUT2D eigenvalue weighted by molar-refractivity contribution is 6.96. The van der Waals surface area contributed by atoms with Gasteiger partial charge >= 0.3 is 36.2 Å². The van der Waals surface area contributed by atoms with Crippen LogP contribution in [-0.4, -0.2) is 121 Å². The summed E-state index contributed by atoms with van der Waals surface area (Å²) in [6.45, 7) is 56.8. The molecule has 0 atom stereocenters. The van der Waals surface area contributed by atoms with Gasteiger partial charge in [0.05, 0.1) is 0 Å². The Morgan fingerprint density at radius 1 is 0.290 bits per heavy atom. The van der Waals surface area contributed by atoms with E-state index in [1.807, 2.05) is 18.2 Å². The van der Waals surface area contributed by atoms with Gasteiger partial charge in [-0.1, -0.05) is 42.1 Å². The van der Waals surface area contributed by atoms with Crippen LogP contribution in [0.1, 0.15) is 5.56 Å². The first-order valence-electron chi connectivity index (χ1n) is 21.8. The molecule has 0 saturated carbocycles. The predicted molar refractivity (Wildman–Crippen MR) is 291 cm³/mol. The van der Waals surface area contributed by atoms with E-state index in [0.717, 1.165) is 5.56 Å². The maximum atomic E-state index is 7.74. The van der Waals surface area contributed by atoms with Crippen LogP contribution in [0.3, 0.4) is 0 Å². The van der Waals surface area contributed by atoms with Crippen LogP contribution >= 0.6 is 0 Å². The largest absolute Gasteiger partial charge is 0.646 e.